The molecule has 36 heavy (non-hydrogen) atoms. The molecule has 2 heterocycles. The number of aromatic nitrogens is 3. The summed E-state index contributed by atoms with van der Waals surface area (Å²) in [5.41, 5.74) is 4.58. The van der Waals surface area contributed by atoms with Gasteiger partial charge in [-0.15, -0.1) is 0 Å². The highest BCUT2D eigenvalue weighted by atomic mass is 35.5. The van der Waals surface area contributed by atoms with E-state index in [2.05, 4.69) is 15.3 Å². The summed E-state index contributed by atoms with van der Waals surface area (Å²) in [6, 6.07) is 11.6. The summed E-state index contributed by atoms with van der Waals surface area (Å²) in [5, 5.41) is 8.39. The zero-order chi connectivity index (χ0) is 25.7. The molecule has 4 rings (SSSR count). The van der Waals surface area contributed by atoms with Crippen molar-refractivity contribution in [3.63, 3.8) is 0 Å². The van der Waals surface area contributed by atoms with Crippen LogP contribution in [0.1, 0.15) is 60.4 Å². The molecule has 2 aromatic heterocycles. The fraction of sp³-hybridized carbons (Fsp3) is 0.464. The first-order valence-electron chi connectivity index (χ1n) is 12.7. The van der Waals surface area contributed by atoms with Gasteiger partial charge in [0.15, 0.2) is 0 Å². The Hall–Kier alpha value is -2.90. The van der Waals surface area contributed by atoms with Crippen LogP contribution in [0.15, 0.2) is 36.4 Å². The van der Waals surface area contributed by atoms with E-state index in [4.69, 9.17) is 21.3 Å². The van der Waals surface area contributed by atoms with E-state index in [1.165, 1.54) is 6.42 Å². The van der Waals surface area contributed by atoms with Crippen LogP contribution < -0.4 is 10.1 Å². The number of benzene rings is 1. The van der Waals surface area contributed by atoms with Crippen molar-refractivity contribution in [2.75, 3.05) is 27.2 Å². The van der Waals surface area contributed by atoms with Crippen LogP contribution in [0.2, 0.25) is 5.02 Å². The predicted octanol–water partition coefficient (Wildman–Crippen LogP) is 5.60. The fourth-order valence-electron chi connectivity index (χ4n) is 4.66. The molecule has 0 atom stereocenters. The molecule has 1 aromatic carbocycles. The van der Waals surface area contributed by atoms with E-state index in [0.29, 0.717) is 28.8 Å². The number of halogens is 1. The van der Waals surface area contributed by atoms with Gasteiger partial charge in [0.1, 0.15) is 11.4 Å². The van der Waals surface area contributed by atoms with Crippen LogP contribution in [0.25, 0.3) is 16.9 Å². The van der Waals surface area contributed by atoms with E-state index < -0.39 is 0 Å². The lowest BCUT2D eigenvalue weighted by Crippen LogP contribution is -2.36. The van der Waals surface area contributed by atoms with Crippen molar-refractivity contribution < 1.29 is 9.53 Å². The average Bonchev–Trinajstić information content (AvgIpc) is 3.20. The zero-order valence-electron chi connectivity index (χ0n) is 21.7. The lowest BCUT2D eigenvalue weighted by Gasteiger charge is -2.22. The highest BCUT2D eigenvalue weighted by Gasteiger charge is 2.21. The number of nitrogens with one attached hydrogen (secondary N) is 1. The third-order valence-corrected chi connectivity index (χ3v) is 6.81. The van der Waals surface area contributed by atoms with Crippen molar-refractivity contribution >= 4 is 17.5 Å². The largest absolute Gasteiger partial charge is 0.492 e. The first kappa shape index (κ1) is 26.2. The molecule has 0 aliphatic heterocycles. The lowest BCUT2D eigenvalue weighted by molar-refractivity contribution is 0.0923. The maximum atomic E-state index is 13.1. The number of nitrogens with zero attached hydrogens (tertiary/aromatic N) is 4. The maximum absolute atomic E-state index is 13.1. The highest BCUT2D eigenvalue weighted by Crippen LogP contribution is 2.33. The van der Waals surface area contributed by atoms with E-state index >= 15 is 0 Å². The van der Waals surface area contributed by atoms with Crippen molar-refractivity contribution in [3.05, 3.63) is 58.5 Å². The monoisotopic (exact) mass is 509 g/mol. The Morgan fingerprint density at radius 3 is 2.61 bits per heavy atom. The topological polar surface area (TPSA) is 72.3 Å². The van der Waals surface area contributed by atoms with Gasteiger partial charge < -0.3 is 15.0 Å². The van der Waals surface area contributed by atoms with Crippen molar-refractivity contribution in [1.82, 2.24) is 25.0 Å². The number of hydrogen-bond donors (Lipinski definition) is 1. The normalized spacial score (nSPS) is 14.3. The molecule has 0 radical (unpaired) electrons. The third-order valence-electron chi connectivity index (χ3n) is 6.50. The van der Waals surface area contributed by atoms with Crippen LogP contribution in [0.5, 0.6) is 5.75 Å². The van der Waals surface area contributed by atoms with Crippen LogP contribution in [0.3, 0.4) is 0 Å². The molecule has 192 valence electrons. The molecule has 7 nitrogen and oxygen atoms in total. The number of amides is 1. The van der Waals surface area contributed by atoms with Crippen molar-refractivity contribution in [2.45, 2.75) is 58.4 Å². The Labute approximate surface area is 218 Å². The first-order valence-corrected chi connectivity index (χ1v) is 13.1. The number of hydrogen-bond acceptors (Lipinski definition) is 5. The van der Waals surface area contributed by atoms with Crippen molar-refractivity contribution in [3.8, 4) is 22.7 Å². The number of carbonyl (C=O) groups excluding carboxylic acids is 1. The van der Waals surface area contributed by atoms with Gasteiger partial charge in [-0.1, -0.05) is 36.9 Å². The second kappa shape index (κ2) is 11.9. The summed E-state index contributed by atoms with van der Waals surface area (Å²) in [6.45, 7) is 5.46. The summed E-state index contributed by atoms with van der Waals surface area (Å²) in [7, 11) is 4.08. The van der Waals surface area contributed by atoms with Crippen LogP contribution in [-0.4, -0.2) is 58.9 Å². The second-order valence-electron chi connectivity index (χ2n) is 9.86. The molecular formula is C28H36ClN5O2. The van der Waals surface area contributed by atoms with Gasteiger partial charge in [-0.3, -0.25) is 4.79 Å². The fourth-order valence-corrected chi connectivity index (χ4v) is 4.84. The van der Waals surface area contributed by atoms with Crippen LogP contribution >= 0.6 is 11.6 Å². The van der Waals surface area contributed by atoms with Gasteiger partial charge in [-0.25, -0.2) is 9.67 Å². The molecule has 1 amide bonds. The molecule has 1 aliphatic carbocycles. The number of pyridine rings is 1. The number of aryl methyl sites for hydroxylation is 2. The predicted molar refractivity (Wildman–Crippen MR) is 144 cm³/mol. The van der Waals surface area contributed by atoms with E-state index in [9.17, 15) is 4.79 Å². The average molecular weight is 510 g/mol. The maximum Gasteiger partial charge on any atom is 0.270 e. The summed E-state index contributed by atoms with van der Waals surface area (Å²) in [4.78, 5) is 20.1. The standard InChI is InChI=1S/C28H36ClN5O2/c1-19-17-20(2)34(32-19)25-14-13-24(28(35)30-22-9-6-5-7-10-22)31-27(25)21-11-12-23(29)26(18-21)36-16-8-15-33(3)4/h11-14,17-18,22H,5-10,15-16H2,1-4H3,(H,30,35). The summed E-state index contributed by atoms with van der Waals surface area (Å²) < 4.78 is 7.88. The molecule has 0 unspecified atom stereocenters. The van der Waals surface area contributed by atoms with Crippen molar-refractivity contribution in [2.24, 2.45) is 0 Å². The van der Waals surface area contributed by atoms with Gasteiger partial charge in [-0.05, 0) is 77.5 Å². The Morgan fingerprint density at radius 2 is 1.92 bits per heavy atom. The van der Waals surface area contributed by atoms with Crippen molar-refractivity contribution in [1.29, 1.82) is 0 Å². The Kier molecular flexibility index (Phi) is 8.64. The number of ether oxygens (including phenoxy) is 1. The molecule has 1 N–H and O–H groups in total. The van der Waals surface area contributed by atoms with Gasteiger partial charge in [-0.2, -0.15) is 5.10 Å². The second-order valence-corrected chi connectivity index (χ2v) is 10.3. The van der Waals surface area contributed by atoms with Gasteiger partial charge in [0.25, 0.3) is 5.91 Å². The minimum absolute atomic E-state index is 0.141. The lowest BCUT2D eigenvalue weighted by atomic mass is 9.95. The third kappa shape index (κ3) is 6.45. The smallest absolute Gasteiger partial charge is 0.270 e. The first-order chi connectivity index (χ1) is 17.3. The molecule has 0 spiro atoms. The Morgan fingerprint density at radius 1 is 1.14 bits per heavy atom. The minimum atomic E-state index is -0.141. The van der Waals surface area contributed by atoms with E-state index in [1.807, 2.05) is 63.0 Å². The minimum Gasteiger partial charge on any atom is -0.492 e. The Balaban J connectivity index is 1.68. The molecule has 8 heteroatoms. The van der Waals surface area contributed by atoms with Gasteiger partial charge in [0.05, 0.1) is 28.7 Å². The molecular weight excluding hydrogens is 474 g/mol. The van der Waals surface area contributed by atoms with E-state index in [-0.39, 0.29) is 11.9 Å². The van der Waals surface area contributed by atoms with Gasteiger partial charge >= 0.3 is 0 Å². The summed E-state index contributed by atoms with van der Waals surface area (Å²) >= 11 is 6.46. The number of carbonyl (C=O) groups is 1. The molecule has 0 saturated heterocycles. The Bertz CT molecular complexity index is 1200. The van der Waals surface area contributed by atoms with E-state index in [0.717, 1.165) is 61.3 Å². The van der Waals surface area contributed by atoms with Gasteiger partial charge in [0, 0.05) is 23.8 Å². The van der Waals surface area contributed by atoms with E-state index in [1.54, 1.807) is 6.07 Å². The molecule has 1 fully saturated rings. The zero-order valence-corrected chi connectivity index (χ0v) is 22.4. The SMILES string of the molecule is Cc1cc(C)n(-c2ccc(C(=O)NC3CCCCC3)nc2-c2ccc(Cl)c(OCCCN(C)C)c2)n1. The quantitative estimate of drug-likeness (QED) is 0.380. The molecule has 3 aromatic rings. The molecule has 1 saturated carbocycles. The highest BCUT2D eigenvalue weighted by molar-refractivity contribution is 6.32. The van der Waals surface area contributed by atoms with Crippen LogP contribution in [0.4, 0.5) is 0 Å². The molecule has 0 bridgehead atoms. The van der Waals surface area contributed by atoms with Crippen LogP contribution in [-0.2, 0) is 0 Å². The summed E-state index contributed by atoms with van der Waals surface area (Å²) in [6.07, 6.45) is 6.48. The molecule has 1 aliphatic rings. The van der Waals surface area contributed by atoms with Crippen LogP contribution in [0, 0.1) is 13.8 Å². The number of rotatable bonds is 9. The summed E-state index contributed by atoms with van der Waals surface area (Å²) in [5.74, 6) is 0.461. The van der Waals surface area contributed by atoms with Gasteiger partial charge in [0.2, 0.25) is 0 Å².